The molecule has 5 heteroatoms. The number of likely N-dealkylation sites (N-methyl/N-ethyl adjacent to an activating group) is 1. The molecule has 0 aromatic carbocycles. The van der Waals surface area contributed by atoms with Gasteiger partial charge in [0.25, 0.3) is 0 Å². The Morgan fingerprint density at radius 2 is 1.76 bits per heavy atom. The van der Waals surface area contributed by atoms with Crippen LogP contribution < -0.4 is 5.32 Å². The van der Waals surface area contributed by atoms with E-state index in [-0.39, 0.29) is 5.54 Å². The standard InChI is InChI=1S/C16H31N3O2/c1-5-17-16(14(20)21,13-6-7-13)12-18-8-10-19(11-9-18)15(2,3)4/h13,17H,5-12H2,1-4H3,(H,20,21). The molecule has 2 N–H and O–H groups in total. The predicted octanol–water partition coefficient (Wildman–Crippen LogP) is 1.25. The second-order valence-electron chi connectivity index (χ2n) is 7.52. The van der Waals surface area contributed by atoms with Crippen molar-refractivity contribution in [1.29, 1.82) is 0 Å². The van der Waals surface area contributed by atoms with Gasteiger partial charge in [-0.05, 0) is 46.1 Å². The summed E-state index contributed by atoms with van der Waals surface area (Å²) < 4.78 is 0. The molecule has 21 heavy (non-hydrogen) atoms. The number of hydrogen-bond donors (Lipinski definition) is 2. The number of carboxylic acid groups (broad SMARTS) is 1. The van der Waals surface area contributed by atoms with Crippen molar-refractivity contribution in [3.05, 3.63) is 0 Å². The van der Waals surface area contributed by atoms with Crippen molar-refractivity contribution < 1.29 is 9.90 Å². The Labute approximate surface area is 128 Å². The molecule has 2 fully saturated rings. The summed E-state index contributed by atoms with van der Waals surface area (Å²) in [6, 6.07) is 0. The van der Waals surface area contributed by atoms with E-state index < -0.39 is 11.5 Å². The first kappa shape index (κ1) is 16.7. The van der Waals surface area contributed by atoms with Crippen molar-refractivity contribution in [3.8, 4) is 0 Å². The van der Waals surface area contributed by atoms with E-state index in [1.54, 1.807) is 0 Å². The van der Waals surface area contributed by atoms with E-state index in [1.165, 1.54) is 0 Å². The molecular weight excluding hydrogens is 266 g/mol. The fraction of sp³-hybridized carbons (Fsp3) is 0.938. The third-order valence-electron chi connectivity index (χ3n) is 4.94. The topological polar surface area (TPSA) is 55.8 Å². The number of nitrogens with zero attached hydrogens (tertiary/aromatic N) is 2. The van der Waals surface area contributed by atoms with Gasteiger partial charge >= 0.3 is 5.97 Å². The van der Waals surface area contributed by atoms with Crippen molar-refractivity contribution >= 4 is 5.97 Å². The molecule has 0 aromatic rings. The van der Waals surface area contributed by atoms with Crippen LogP contribution in [0, 0.1) is 5.92 Å². The van der Waals surface area contributed by atoms with Crippen LogP contribution in [0.15, 0.2) is 0 Å². The SMILES string of the molecule is CCNC(CN1CCN(C(C)(C)C)CC1)(C(=O)O)C1CC1. The number of rotatable bonds is 6. The molecule has 1 aliphatic heterocycles. The third kappa shape index (κ3) is 3.76. The van der Waals surface area contributed by atoms with E-state index in [1.807, 2.05) is 6.92 Å². The molecule has 122 valence electrons. The minimum Gasteiger partial charge on any atom is -0.480 e. The molecule has 1 aliphatic carbocycles. The lowest BCUT2D eigenvalue weighted by molar-refractivity contribution is -0.147. The fourth-order valence-electron chi connectivity index (χ4n) is 3.47. The highest BCUT2D eigenvalue weighted by molar-refractivity contribution is 5.80. The van der Waals surface area contributed by atoms with E-state index in [0.717, 1.165) is 39.0 Å². The average Bonchev–Trinajstić information content (AvgIpc) is 3.22. The van der Waals surface area contributed by atoms with E-state index in [2.05, 4.69) is 35.9 Å². The Morgan fingerprint density at radius 1 is 1.19 bits per heavy atom. The summed E-state index contributed by atoms with van der Waals surface area (Å²) in [5, 5.41) is 13.1. The zero-order valence-corrected chi connectivity index (χ0v) is 14.0. The number of piperazine rings is 1. The largest absolute Gasteiger partial charge is 0.480 e. The fourth-order valence-corrected chi connectivity index (χ4v) is 3.47. The third-order valence-corrected chi connectivity index (χ3v) is 4.94. The first-order valence-corrected chi connectivity index (χ1v) is 8.25. The number of nitrogens with one attached hydrogen (secondary N) is 1. The molecule has 5 nitrogen and oxygen atoms in total. The Hall–Kier alpha value is -0.650. The molecule has 2 rings (SSSR count). The molecule has 1 unspecified atom stereocenters. The van der Waals surface area contributed by atoms with Gasteiger partial charge in [0.15, 0.2) is 0 Å². The van der Waals surface area contributed by atoms with Gasteiger partial charge in [-0.25, -0.2) is 0 Å². The van der Waals surface area contributed by atoms with Crippen LogP contribution in [0.25, 0.3) is 0 Å². The van der Waals surface area contributed by atoms with Crippen LogP contribution in [0.5, 0.6) is 0 Å². The van der Waals surface area contributed by atoms with Crippen molar-refractivity contribution in [2.24, 2.45) is 5.92 Å². The van der Waals surface area contributed by atoms with Gasteiger partial charge in [-0.15, -0.1) is 0 Å². The lowest BCUT2D eigenvalue weighted by Gasteiger charge is -2.44. The molecular formula is C16H31N3O2. The van der Waals surface area contributed by atoms with Crippen molar-refractivity contribution in [2.75, 3.05) is 39.3 Å². The number of carbonyl (C=O) groups is 1. The minimum absolute atomic E-state index is 0.203. The zero-order valence-electron chi connectivity index (χ0n) is 14.0. The van der Waals surface area contributed by atoms with Gasteiger partial charge in [-0.2, -0.15) is 0 Å². The highest BCUT2D eigenvalue weighted by Crippen LogP contribution is 2.40. The molecule has 1 heterocycles. The van der Waals surface area contributed by atoms with E-state index in [4.69, 9.17) is 0 Å². The summed E-state index contributed by atoms with van der Waals surface area (Å²) in [7, 11) is 0. The molecule has 1 atom stereocenters. The maximum Gasteiger partial charge on any atom is 0.325 e. The summed E-state index contributed by atoms with van der Waals surface area (Å²) in [5.41, 5.74) is -0.535. The number of aliphatic carboxylic acids is 1. The zero-order chi connectivity index (χ0) is 15.7. The molecule has 0 radical (unpaired) electrons. The molecule has 1 saturated carbocycles. The Kier molecular flexibility index (Phi) is 4.96. The lowest BCUT2D eigenvalue weighted by Crippen LogP contribution is -2.63. The van der Waals surface area contributed by atoms with Crippen LogP contribution in [0.1, 0.15) is 40.5 Å². The molecule has 2 aliphatic rings. The van der Waals surface area contributed by atoms with Crippen LogP contribution in [0.3, 0.4) is 0 Å². The molecule has 0 amide bonds. The number of carboxylic acids is 1. The quantitative estimate of drug-likeness (QED) is 0.773. The summed E-state index contributed by atoms with van der Waals surface area (Å²) in [4.78, 5) is 16.7. The van der Waals surface area contributed by atoms with Crippen LogP contribution in [-0.2, 0) is 4.79 Å². The van der Waals surface area contributed by atoms with E-state index >= 15 is 0 Å². The molecule has 0 spiro atoms. The van der Waals surface area contributed by atoms with Gasteiger partial charge in [0, 0.05) is 38.3 Å². The van der Waals surface area contributed by atoms with Gasteiger partial charge in [-0.3, -0.25) is 14.6 Å². The predicted molar refractivity (Wildman–Crippen MR) is 84.5 cm³/mol. The smallest absolute Gasteiger partial charge is 0.325 e. The van der Waals surface area contributed by atoms with Gasteiger partial charge < -0.3 is 10.4 Å². The van der Waals surface area contributed by atoms with Gasteiger partial charge in [0.1, 0.15) is 5.54 Å². The Balaban J connectivity index is 1.98. The van der Waals surface area contributed by atoms with Crippen molar-refractivity contribution in [3.63, 3.8) is 0 Å². The normalized spacial score (nSPS) is 24.8. The summed E-state index contributed by atoms with van der Waals surface area (Å²) in [6.07, 6.45) is 2.09. The van der Waals surface area contributed by atoms with Crippen LogP contribution in [0.2, 0.25) is 0 Å². The van der Waals surface area contributed by atoms with Crippen LogP contribution >= 0.6 is 0 Å². The summed E-state index contributed by atoms with van der Waals surface area (Å²) >= 11 is 0. The minimum atomic E-state index is -0.737. The summed E-state index contributed by atoms with van der Waals surface area (Å²) in [6.45, 7) is 14.1. The molecule has 0 bridgehead atoms. The molecule has 1 saturated heterocycles. The monoisotopic (exact) mass is 297 g/mol. The maximum atomic E-state index is 11.9. The average molecular weight is 297 g/mol. The van der Waals surface area contributed by atoms with Gasteiger partial charge in [0.05, 0.1) is 0 Å². The lowest BCUT2D eigenvalue weighted by atomic mass is 9.91. The van der Waals surface area contributed by atoms with E-state index in [9.17, 15) is 9.90 Å². The first-order valence-electron chi connectivity index (χ1n) is 8.25. The number of hydrogen-bond acceptors (Lipinski definition) is 4. The Morgan fingerprint density at radius 3 is 2.14 bits per heavy atom. The highest BCUT2D eigenvalue weighted by atomic mass is 16.4. The van der Waals surface area contributed by atoms with Crippen molar-refractivity contribution in [1.82, 2.24) is 15.1 Å². The highest BCUT2D eigenvalue weighted by Gasteiger charge is 2.51. The second-order valence-corrected chi connectivity index (χ2v) is 7.52. The summed E-state index contributed by atoms with van der Waals surface area (Å²) in [5.74, 6) is -0.374. The second kappa shape index (κ2) is 6.23. The van der Waals surface area contributed by atoms with E-state index in [0.29, 0.717) is 19.0 Å². The Bertz CT molecular complexity index is 368. The van der Waals surface area contributed by atoms with Crippen molar-refractivity contribution in [2.45, 2.75) is 51.6 Å². The maximum absolute atomic E-state index is 11.9. The van der Waals surface area contributed by atoms with Crippen LogP contribution in [0.4, 0.5) is 0 Å². The van der Waals surface area contributed by atoms with Gasteiger partial charge in [0.2, 0.25) is 0 Å². The molecule has 0 aromatic heterocycles. The van der Waals surface area contributed by atoms with Gasteiger partial charge in [-0.1, -0.05) is 6.92 Å². The first-order chi connectivity index (χ1) is 9.79. The van der Waals surface area contributed by atoms with Crippen LogP contribution in [-0.4, -0.2) is 71.2 Å².